The molecule has 2 rings (SSSR count). The number of anilines is 2. The molecular formula is C18H24N4O3. The predicted octanol–water partition coefficient (Wildman–Crippen LogP) is 2.69. The van der Waals surface area contributed by atoms with Crippen LogP contribution in [0.25, 0.3) is 0 Å². The molecule has 7 nitrogen and oxygen atoms in total. The number of nitrogens with zero attached hydrogens (tertiary/aromatic N) is 2. The predicted molar refractivity (Wildman–Crippen MR) is 96.5 cm³/mol. The molecule has 0 aliphatic rings. The van der Waals surface area contributed by atoms with Gasteiger partial charge in [-0.3, -0.25) is 4.79 Å². The second-order valence-electron chi connectivity index (χ2n) is 5.75. The second kappa shape index (κ2) is 8.98. The van der Waals surface area contributed by atoms with Crippen molar-refractivity contribution in [1.82, 2.24) is 15.3 Å². The molecule has 2 aromatic rings. The molecule has 25 heavy (non-hydrogen) atoms. The van der Waals surface area contributed by atoms with Crippen LogP contribution in [0.1, 0.15) is 30.2 Å². The van der Waals surface area contributed by atoms with Gasteiger partial charge in [-0.15, -0.1) is 0 Å². The minimum atomic E-state index is -0.258. The summed E-state index contributed by atoms with van der Waals surface area (Å²) in [5, 5.41) is 5.92. The molecule has 0 unspecified atom stereocenters. The Labute approximate surface area is 147 Å². The summed E-state index contributed by atoms with van der Waals surface area (Å²) in [6.07, 6.45) is 0.127. The summed E-state index contributed by atoms with van der Waals surface area (Å²) >= 11 is 0. The molecule has 0 saturated carbocycles. The maximum absolute atomic E-state index is 12.1. The molecular weight excluding hydrogens is 320 g/mol. The molecule has 1 aromatic carbocycles. The number of aromatic nitrogens is 2. The van der Waals surface area contributed by atoms with E-state index in [0.717, 1.165) is 11.4 Å². The van der Waals surface area contributed by atoms with Crippen molar-refractivity contribution in [3.63, 3.8) is 0 Å². The Bertz CT molecular complexity index is 702. The van der Waals surface area contributed by atoms with Crippen LogP contribution in [0.5, 0.6) is 5.75 Å². The fraction of sp³-hybridized carbons (Fsp3) is 0.389. The largest absolute Gasteiger partial charge is 0.491 e. The van der Waals surface area contributed by atoms with Crippen LogP contribution in [0.2, 0.25) is 0 Å². The molecule has 0 aliphatic carbocycles. The van der Waals surface area contributed by atoms with E-state index in [-0.39, 0.29) is 12.0 Å². The molecule has 0 atom stereocenters. The first kappa shape index (κ1) is 18.7. The Morgan fingerprint density at radius 2 is 1.92 bits per heavy atom. The lowest BCUT2D eigenvalue weighted by Crippen LogP contribution is -2.28. The van der Waals surface area contributed by atoms with Gasteiger partial charge in [0.05, 0.1) is 12.7 Å². The van der Waals surface area contributed by atoms with Crippen LogP contribution in [-0.4, -0.2) is 42.2 Å². The van der Waals surface area contributed by atoms with Gasteiger partial charge >= 0.3 is 0 Å². The van der Waals surface area contributed by atoms with E-state index in [4.69, 9.17) is 9.47 Å². The fourth-order valence-electron chi connectivity index (χ4n) is 2.14. The zero-order chi connectivity index (χ0) is 18.2. The zero-order valence-electron chi connectivity index (χ0n) is 15.0. The summed E-state index contributed by atoms with van der Waals surface area (Å²) in [7, 11) is 1.58. The van der Waals surface area contributed by atoms with Crippen LogP contribution in [-0.2, 0) is 4.74 Å². The Morgan fingerprint density at radius 1 is 1.20 bits per heavy atom. The number of hydrogen-bond acceptors (Lipinski definition) is 6. The molecule has 0 fully saturated rings. The highest BCUT2D eigenvalue weighted by molar-refractivity contribution is 5.93. The average Bonchev–Trinajstić information content (AvgIpc) is 2.56. The Balaban J connectivity index is 2.07. The van der Waals surface area contributed by atoms with Gasteiger partial charge in [0.25, 0.3) is 5.91 Å². The van der Waals surface area contributed by atoms with Crippen LogP contribution in [0.15, 0.2) is 30.3 Å². The molecule has 0 bridgehead atoms. The highest BCUT2D eigenvalue weighted by Gasteiger charge is 2.10. The van der Waals surface area contributed by atoms with Crippen molar-refractivity contribution < 1.29 is 14.3 Å². The first-order valence-electron chi connectivity index (χ1n) is 8.14. The number of benzene rings is 1. The second-order valence-corrected chi connectivity index (χ2v) is 5.75. The van der Waals surface area contributed by atoms with E-state index in [1.807, 2.05) is 38.1 Å². The van der Waals surface area contributed by atoms with E-state index in [1.54, 1.807) is 20.1 Å². The van der Waals surface area contributed by atoms with E-state index in [0.29, 0.717) is 30.5 Å². The number of hydrogen-bond donors (Lipinski definition) is 2. The molecule has 0 aliphatic heterocycles. The molecule has 1 heterocycles. The average molecular weight is 344 g/mol. The lowest BCUT2D eigenvalue weighted by atomic mass is 10.3. The molecule has 134 valence electrons. The first-order valence-corrected chi connectivity index (χ1v) is 8.14. The Hall–Kier alpha value is -2.67. The summed E-state index contributed by atoms with van der Waals surface area (Å²) in [5.41, 5.74) is 1.16. The van der Waals surface area contributed by atoms with Gasteiger partial charge in [0.2, 0.25) is 0 Å². The van der Waals surface area contributed by atoms with Crippen molar-refractivity contribution in [2.24, 2.45) is 0 Å². The number of methoxy groups -OCH3 is 1. The van der Waals surface area contributed by atoms with Crippen molar-refractivity contribution in [1.29, 1.82) is 0 Å². The molecule has 1 aromatic heterocycles. The van der Waals surface area contributed by atoms with Crippen molar-refractivity contribution in [3.8, 4) is 5.75 Å². The Morgan fingerprint density at radius 3 is 2.56 bits per heavy atom. The highest BCUT2D eigenvalue weighted by atomic mass is 16.5. The van der Waals surface area contributed by atoms with Gasteiger partial charge in [-0.2, -0.15) is 0 Å². The summed E-state index contributed by atoms with van der Waals surface area (Å²) in [4.78, 5) is 20.6. The first-order chi connectivity index (χ1) is 12.0. The lowest BCUT2D eigenvalue weighted by molar-refractivity contribution is 0.0931. The monoisotopic (exact) mass is 344 g/mol. The smallest absolute Gasteiger partial charge is 0.270 e. The van der Waals surface area contributed by atoms with E-state index in [1.165, 1.54) is 0 Å². The van der Waals surface area contributed by atoms with Gasteiger partial charge in [0, 0.05) is 25.4 Å². The SMILES string of the molecule is COCCNC(=O)c1cc(Nc2ccc(OC(C)C)cc2)nc(C)n1. The third kappa shape index (κ3) is 6.04. The van der Waals surface area contributed by atoms with Crippen molar-refractivity contribution in [2.45, 2.75) is 26.9 Å². The molecule has 1 amide bonds. The maximum Gasteiger partial charge on any atom is 0.270 e. The topological polar surface area (TPSA) is 85.4 Å². The molecule has 0 saturated heterocycles. The van der Waals surface area contributed by atoms with Crippen molar-refractivity contribution >= 4 is 17.4 Å². The minimum absolute atomic E-state index is 0.127. The molecule has 0 spiro atoms. The summed E-state index contributed by atoms with van der Waals surface area (Å²) < 4.78 is 10.5. The third-order valence-corrected chi connectivity index (χ3v) is 3.16. The van der Waals surface area contributed by atoms with Crippen LogP contribution in [0, 0.1) is 6.92 Å². The summed E-state index contributed by atoms with van der Waals surface area (Å²) in [5.74, 6) is 1.62. The van der Waals surface area contributed by atoms with E-state index in [2.05, 4.69) is 20.6 Å². The maximum atomic E-state index is 12.1. The minimum Gasteiger partial charge on any atom is -0.491 e. The number of carbonyl (C=O) groups excluding carboxylic acids is 1. The number of carbonyl (C=O) groups is 1. The van der Waals surface area contributed by atoms with E-state index >= 15 is 0 Å². The number of rotatable bonds is 8. The molecule has 0 radical (unpaired) electrons. The van der Waals surface area contributed by atoms with Gasteiger partial charge in [-0.1, -0.05) is 0 Å². The number of aryl methyl sites for hydroxylation is 1. The molecule has 7 heteroatoms. The third-order valence-electron chi connectivity index (χ3n) is 3.16. The van der Waals surface area contributed by atoms with Crippen LogP contribution in [0.3, 0.4) is 0 Å². The normalized spacial score (nSPS) is 10.6. The lowest BCUT2D eigenvalue weighted by Gasteiger charge is -2.11. The summed E-state index contributed by atoms with van der Waals surface area (Å²) in [6.45, 7) is 6.59. The summed E-state index contributed by atoms with van der Waals surface area (Å²) in [6, 6.07) is 9.18. The van der Waals surface area contributed by atoms with Gasteiger partial charge in [0.1, 0.15) is 23.1 Å². The quantitative estimate of drug-likeness (QED) is 0.716. The van der Waals surface area contributed by atoms with Gasteiger partial charge in [0.15, 0.2) is 0 Å². The fourth-order valence-corrected chi connectivity index (χ4v) is 2.14. The van der Waals surface area contributed by atoms with Gasteiger partial charge in [-0.05, 0) is 45.0 Å². The standard InChI is InChI=1S/C18H24N4O3/c1-12(2)25-15-7-5-14(6-8-15)22-17-11-16(20-13(3)21-17)18(23)19-9-10-24-4/h5-8,11-12H,9-10H2,1-4H3,(H,19,23)(H,20,21,22). The molecule has 2 N–H and O–H groups in total. The number of amides is 1. The number of nitrogens with one attached hydrogen (secondary N) is 2. The van der Waals surface area contributed by atoms with Crippen LogP contribution >= 0.6 is 0 Å². The zero-order valence-corrected chi connectivity index (χ0v) is 15.0. The van der Waals surface area contributed by atoms with Gasteiger partial charge < -0.3 is 20.1 Å². The van der Waals surface area contributed by atoms with Gasteiger partial charge in [-0.25, -0.2) is 9.97 Å². The van der Waals surface area contributed by atoms with Crippen LogP contribution < -0.4 is 15.4 Å². The van der Waals surface area contributed by atoms with E-state index in [9.17, 15) is 4.79 Å². The number of ether oxygens (including phenoxy) is 2. The Kier molecular flexibility index (Phi) is 6.71. The van der Waals surface area contributed by atoms with Crippen molar-refractivity contribution in [2.75, 3.05) is 25.6 Å². The van der Waals surface area contributed by atoms with E-state index < -0.39 is 0 Å². The van der Waals surface area contributed by atoms with Crippen LogP contribution in [0.4, 0.5) is 11.5 Å². The highest BCUT2D eigenvalue weighted by Crippen LogP contribution is 2.20. The van der Waals surface area contributed by atoms with Crippen molar-refractivity contribution in [3.05, 3.63) is 41.9 Å².